The molecule has 170 valence electrons. The summed E-state index contributed by atoms with van der Waals surface area (Å²) in [7, 11) is 0. The number of rotatable bonds is 4. The number of hydrogen-bond acceptors (Lipinski definition) is 6. The third-order valence-electron chi connectivity index (χ3n) is 5.36. The standard InChI is InChI=1S/C22H17Cl2N3O6/c1-10(27-20(30)12-7-14(23)15(24)8-13(12)21(27)31)22(32)33-11(2)19(29)26-9-18(28)25-16-5-3-4-6-17(16)26/h3-8,10-11H,9H2,1-2H3,(H,25,28)/t10-,11+/m1/s1. The van der Waals surface area contributed by atoms with Crippen LogP contribution in [0.4, 0.5) is 11.4 Å². The van der Waals surface area contributed by atoms with Crippen LogP contribution >= 0.6 is 23.2 Å². The van der Waals surface area contributed by atoms with Crippen LogP contribution in [0.15, 0.2) is 36.4 Å². The third kappa shape index (κ3) is 3.94. The maximum atomic E-state index is 13.0. The summed E-state index contributed by atoms with van der Waals surface area (Å²) < 4.78 is 5.27. The van der Waals surface area contributed by atoms with Gasteiger partial charge in [0.2, 0.25) is 5.91 Å². The molecule has 11 heteroatoms. The van der Waals surface area contributed by atoms with E-state index in [2.05, 4.69) is 5.32 Å². The lowest BCUT2D eigenvalue weighted by molar-refractivity contribution is -0.157. The normalized spacial score (nSPS) is 16.7. The van der Waals surface area contributed by atoms with Crippen molar-refractivity contribution in [2.24, 2.45) is 0 Å². The predicted octanol–water partition coefficient (Wildman–Crippen LogP) is 2.89. The van der Waals surface area contributed by atoms with Gasteiger partial charge in [0.15, 0.2) is 6.10 Å². The number of para-hydroxylation sites is 2. The molecule has 0 unspecified atom stereocenters. The molecule has 2 aliphatic heterocycles. The number of carbonyl (C=O) groups is 5. The molecule has 0 fully saturated rings. The first kappa shape index (κ1) is 22.8. The van der Waals surface area contributed by atoms with Crippen molar-refractivity contribution in [2.75, 3.05) is 16.8 Å². The summed E-state index contributed by atoms with van der Waals surface area (Å²) in [4.78, 5) is 65.1. The molecule has 1 N–H and O–H groups in total. The van der Waals surface area contributed by atoms with Crippen LogP contribution in [-0.2, 0) is 19.1 Å². The van der Waals surface area contributed by atoms with Crippen molar-refractivity contribution in [1.82, 2.24) is 4.90 Å². The highest BCUT2D eigenvalue weighted by Crippen LogP contribution is 2.33. The molecule has 4 rings (SSSR count). The zero-order valence-corrected chi connectivity index (χ0v) is 18.9. The molecule has 0 saturated carbocycles. The van der Waals surface area contributed by atoms with E-state index in [-0.39, 0.29) is 27.7 Å². The van der Waals surface area contributed by atoms with Gasteiger partial charge in [-0.1, -0.05) is 35.3 Å². The van der Waals surface area contributed by atoms with Gasteiger partial charge in [0, 0.05) is 0 Å². The average molecular weight is 490 g/mol. The number of nitrogens with zero attached hydrogens (tertiary/aromatic N) is 2. The Hall–Kier alpha value is -3.43. The van der Waals surface area contributed by atoms with Gasteiger partial charge >= 0.3 is 5.97 Å². The highest BCUT2D eigenvalue weighted by molar-refractivity contribution is 6.43. The number of carbonyl (C=O) groups excluding carboxylic acids is 5. The maximum Gasteiger partial charge on any atom is 0.329 e. The molecule has 2 aliphatic rings. The van der Waals surface area contributed by atoms with E-state index in [9.17, 15) is 24.0 Å². The van der Waals surface area contributed by atoms with Crippen molar-refractivity contribution >= 4 is 64.2 Å². The first-order chi connectivity index (χ1) is 15.6. The molecule has 0 bridgehead atoms. The van der Waals surface area contributed by atoms with Crippen LogP contribution in [0.1, 0.15) is 34.6 Å². The van der Waals surface area contributed by atoms with Gasteiger partial charge in [0.25, 0.3) is 17.7 Å². The molecule has 0 aromatic heterocycles. The van der Waals surface area contributed by atoms with Crippen LogP contribution in [0.3, 0.4) is 0 Å². The lowest BCUT2D eigenvalue weighted by Gasteiger charge is -2.31. The van der Waals surface area contributed by atoms with Gasteiger partial charge in [-0.05, 0) is 38.1 Å². The largest absolute Gasteiger partial charge is 0.451 e. The maximum absolute atomic E-state index is 13.0. The van der Waals surface area contributed by atoms with Gasteiger partial charge in [-0.15, -0.1) is 0 Å². The molecule has 33 heavy (non-hydrogen) atoms. The molecular formula is C22H17Cl2N3O6. The van der Waals surface area contributed by atoms with Crippen LogP contribution in [0.5, 0.6) is 0 Å². The van der Waals surface area contributed by atoms with Crippen molar-refractivity contribution in [1.29, 1.82) is 0 Å². The summed E-state index contributed by atoms with van der Waals surface area (Å²) in [6, 6.07) is 7.93. The molecule has 0 radical (unpaired) electrons. The quantitative estimate of drug-likeness (QED) is 0.521. The smallest absolute Gasteiger partial charge is 0.329 e. The van der Waals surface area contributed by atoms with Crippen LogP contribution in [0.2, 0.25) is 10.0 Å². The van der Waals surface area contributed by atoms with Crippen LogP contribution < -0.4 is 10.2 Å². The zero-order chi connectivity index (χ0) is 24.0. The SMILES string of the molecule is C[C@H](OC(=O)[C@@H](C)N1C(=O)c2cc(Cl)c(Cl)cc2C1=O)C(=O)N1CC(=O)Nc2ccccc21. The Morgan fingerprint density at radius 1 is 1.00 bits per heavy atom. The van der Waals surface area contributed by atoms with Crippen molar-refractivity contribution in [3.8, 4) is 0 Å². The number of benzene rings is 2. The molecule has 2 aromatic carbocycles. The number of fused-ring (bicyclic) bond motifs is 2. The Morgan fingerprint density at radius 2 is 1.58 bits per heavy atom. The first-order valence-electron chi connectivity index (χ1n) is 9.87. The molecule has 0 aliphatic carbocycles. The lowest BCUT2D eigenvalue weighted by atomic mass is 10.1. The monoisotopic (exact) mass is 489 g/mol. The summed E-state index contributed by atoms with van der Waals surface area (Å²) in [5, 5.41) is 2.86. The third-order valence-corrected chi connectivity index (χ3v) is 6.09. The van der Waals surface area contributed by atoms with Crippen molar-refractivity contribution < 1.29 is 28.7 Å². The fraction of sp³-hybridized carbons (Fsp3) is 0.227. The lowest BCUT2D eigenvalue weighted by Crippen LogP contribution is -2.49. The summed E-state index contributed by atoms with van der Waals surface area (Å²) in [6.45, 7) is 2.42. The minimum atomic E-state index is -1.32. The second kappa shape index (κ2) is 8.49. The number of amides is 4. The second-order valence-corrected chi connectivity index (χ2v) is 8.35. The van der Waals surface area contributed by atoms with E-state index < -0.39 is 41.7 Å². The Morgan fingerprint density at radius 3 is 2.18 bits per heavy atom. The number of esters is 1. The van der Waals surface area contributed by atoms with Crippen LogP contribution in [0.25, 0.3) is 0 Å². The molecule has 2 aromatic rings. The number of nitrogens with one attached hydrogen (secondary N) is 1. The van der Waals surface area contributed by atoms with Crippen molar-refractivity contribution in [3.63, 3.8) is 0 Å². The summed E-state index contributed by atoms with van der Waals surface area (Å²) in [5.74, 6) is -3.43. The number of hydrogen-bond donors (Lipinski definition) is 1. The zero-order valence-electron chi connectivity index (χ0n) is 17.4. The fourth-order valence-corrected chi connectivity index (χ4v) is 4.01. The fourth-order valence-electron chi connectivity index (χ4n) is 3.68. The van der Waals surface area contributed by atoms with Gasteiger partial charge in [0.05, 0.1) is 32.5 Å². The highest BCUT2D eigenvalue weighted by atomic mass is 35.5. The minimum absolute atomic E-state index is 0.0223. The Labute approximate surface area is 198 Å². The van der Waals surface area contributed by atoms with E-state index in [1.165, 1.54) is 30.9 Å². The average Bonchev–Trinajstić information content (AvgIpc) is 3.01. The second-order valence-electron chi connectivity index (χ2n) is 7.54. The highest BCUT2D eigenvalue weighted by Gasteiger charge is 2.43. The molecule has 2 heterocycles. The van der Waals surface area contributed by atoms with E-state index in [1.807, 2.05) is 0 Å². The number of halogens is 2. The van der Waals surface area contributed by atoms with Crippen molar-refractivity contribution in [3.05, 3.63) is 57.6 Å². The molecular weight excluding hydrogens is 473 g/mol. The number of anilines is 2. The van der Waals surface area contributed by atoms with E-state index in [0.29, 0.717) is 11.4 Å². The van der Waals surface area contributed by atoms with Gasteiger partial charge in [-0.2, -0.15) is 0 Å². The summed E-state index contributed by atoms with van der Waals surface area (Å²) in [6.07, 6.45) is -1.28. The topological polar surface area (TPSA) is 113 Å². The summed E-state index contributed by atoms with van der Waals surface area (Å²) >= 11 is 11.9. The van der Waals surface area contributed by atoms with E-state index in [1.54, 1.807) is 24.3 Å². The van der Waals surface area contributed by atoms with Gasteiger partial charge in [-0.3, -0.25) is 29.0 Å². The van der Waals surface area contributed by atoms with Gasteiger partial charge in [-0.25, -0.2) is 4.79 Å². The van der Waals surface area contributed by atoms with E-state index in [4.69, 9.17) is 27.9 Å². The Bertz CT molecular complexity index is 1190. The molecule has 9 nitrogen and oxygen atoms in total. The molecule has 0 saturated heterocycles. The molecule has 4 amide bonds. The van der Waals surface area contributed by atoms with Crippen molar-refractivity contribution in [2.45, 2.75) is 26.0 Å². The minimum Gasteiger partial charge on any atom is -0.451 e. The molecule has 0 spiro atoms. The number of imide groups is 1. The Kier molecular flexibility index (Phi) is 5.85. The number of ether oxygens (including phenoxy) is 1. The predicted molar refractivity (Wildman–Crippen MR) is 119 cm³/mol. The van der Waals surface area contributed by atoms with E-state index >= 15 is 0 Å². The van der Waals surface area contributed by atoms with E-state index in [0.717, 1.165) is 4.90 Å². The van der Waals surface area contributed by atoms with Gasteiger partial charge in [0.1, 0.15) is 12.6 Å². The summed E-state index contributed by atoms with van der Waals surface area (Å²) in [5.41, 5.74) is 0.965. The van der Waals surface area contributed by atoms with Crippen LogP contribution in [0, 0.1) is 0 Å². The first-order valence-corrected chi connectivity index (χ1v) is 10.6. The molecule has 2 atom stereocenters. The van der Waals surface area contributed by atoms with Gasteiger partial charge < -0.3 is 10.1 Å². The van der Waals surface area contributed by atoms with Crippen LogP contribution in [-0.4, -0.2) is 53.2 Å². The Balaban J connectivity index is 1.49.